The molecule has 0 aliphatic heterocycles. The molecule has 0 saturated carbocycles. The third-order valence-electron chi connectivity index (χ3n) is 2.57. The lowest BCUT2D eigenvalue weighted by Gasteiger charge is -2.10. The van der Waals surface area contributed by atoms with Gasteiger partial charge in [-0.3, -0.25) is 9.35 Å². The van der Waals surface area contributed by atoms with Gasteiger partial charge in [-0.05, 0) is 30.3 Å². The standard InChI is InChI=1S/C13H12N2O4S/c14-10-6-7-12(20(17,18)19)11(8-10)15-13(16)9-4-2-1-3-5-9/h1-8H,14H2,(H,15,16)(H,17,18,19). The Morgan fingerprint density at radius 1 is 1.10 bits per heavy atom. The van der Waals surface area contributed by atoms with Gasteiger partial charge in [-0.25, -0.2) is 0 Å². The summed E-state index contributed by atoms with van der Waals surface area (Å²) in [6.45, 7) is 0. The van der Waals surface area contributed by atoms with Gasteiger partial charge in [0.1, 0.15) is 4.90 Å². The SMILES string of the molecule is Nc1ccc(S(=O)(=O)O)c(NC(=O)c2ccccc2)c1. The van der Waals surface area contributed by atoms with Crippen molar-refractivity contribution in [3.05, 3.63) is 54.1 Å². The van der Waals surface area contributed by atoms with E-state index in [0.717, 1.165) is 6.07 Å². The van der Waals surface area contributed by atoms with Gasteiger partial charge in [-0.15, -0.1) is 0 Å². The van der Waals surface area contributed by atoms with Gasteiger partial charge in [0.15, 0.2) is 0 Å². The van der Waals surface area contributed by atoms with E-state index in [1.165, 1.54) is 12.1 Å². The number of hydrogen-bond donors (Lipinski definition) is 3. The van der Waals surface area contributed by atoms with E-state index in [1.54, 1.807) is 30.3 Å². The summed E-state index contributed by atoms with van der Waals surface area (Å²) in [4.78, 5) is 11.6. The fraction of sp³-hybridized carbons (Fsp3) is 0. The molecule has 2 aromatic rings. The molecular weight excluding hydrogens is 280 g/mol. The van der Waals surface area contributed by atoms with E-state index in [4.69, 9.17) is 10.3 Å². The number of nitrogen functional groups attached to an aromatic ring is 1. The Bertz CT molecular complexity index is 742. The molecular formula is C13H12N2O4S. The van der Waals surface area contributed by atoms with Crippen LogP contribution in [0.4, 0.5) is 11.4 Å². The maximum atomic E-state index is 12.0. The van der Waals surface area contributed by atoms with E-state index < -0.39 is 20.9 Å². The normalized spacial score (nSPS) is 11.1. The molecule has 0 aliphatic carbocycles. The highest BCUT2D eigenvalue weighted by Gasteiger charge is 2.17. The lowest BCUT2D eigenvalue weighted by molar-refractivity contribution is 0.102. The summed E-state index contributed by atoms with van der Waals surface area (Å²) in [7, 11) is -4.45. The zero-order chi connectivity index (χ0) is 14.8. The number of carbonyl (C=O) groups is 1. The summed E-state index contributed by atoms with van der Waals surface area (Å²) in [6, 6.07) is 12.0. The van der Waals surface area contributed by atoms with Crippen molar-refractivity contribution in [3.8, 4) is 0 Å². The lowest BCUT2D eigenvalue weighted by Crippen LogP contribution is -2.14. The zero-order valence-electron chi connectivity index (χ0n) is 10.3. The van der Waals surface area contributed by atoms with Crippen molar-refractivity contribution < 1.29 is 17.8 Å². The van der Waals surface area contributed by atoms with Crippen molar-refractivity contribution in [3.63, 3.8) is 0 Å². The number of hydrogen-bond acceptors (Lipinski definition) is 4. The van der Waals surface area contributed by atoms with Crippen LogP contribution in [0.2, 0.25) is 0 Å². The van der Waals surface area contributed by atoms with E-state index >= 15 is 0 Å². The van der Waals surface area contributed by atoms with Crippen LogP contribution in [0.1, 0.15) is 10.4 Å². The summed E-state index contributed by atoms with van der Waals surface area (Å²) in [6.07, 6.45) is 0. The number of carbonyl (C=O) groups excluding carboxylic acids is 1. The average Bonchev–Trinajstić information content (AvgIpc) is 2.38. The van der Waals surface area contributed by atoms with Crippen LogP contribution in [-0.2, 0) is 10.1 Å². The maximum Gasteiger partial charge on any atom is 0.296 e. The first kappa shape index (κ1) is 14.0. The molecule has 7 heteroatoms. The fourth-order valence-electron chi connectivity index (χ4n) is 1.65. The number of anilines is 2. The first-order valence-corrected chi connectivity index (χ1v) is 7.05. The van der Waals surface area contributed by atoms with E-state index in [2.05, 4.69) is 5.32 Å². The monoisotopic (exact) mass is 292 g/mol. The molecule has 0 saturated heterocycles. The van der Waals surface area contributed by atoms with Crippen LogP contribution in [-0.4, -0.2) is 18.9 Å². The van der Waals surface area contributed by atoms with Crippen LogP contribution in [0.5, 0.6) is 0 Å². The minimum Gasteiger partial charge on any atom is -0.399 e. The molecule has 1 amide bonds. The van der Waals surface area contributed by atoms with Gasteiger partial charge in [0, 0.05) is 11.3 Å². The molecule has 0 fully saturated rings. The molecule has 0 radical (unpaired) electrons. The second-order valence-corrected chi connectivity index (χ2v) is 5.44. The quantitative estimate of drug-likeness (QED) is 0.590. The van der Waals surface area contributed by atoms with Crippen LogP contribution in [0, 0.1) is 0 Å². The van der Waals surface area contributed by atoms with Crippen LogP contribution < -0.4 is 11.1 Å². The first-order chi connectivity index (χ1) is 9.38. The van der Waals surface area contributed by atoms with Crippen LogP contribution in [0.3, 0.4) is 0 Å². The molecule has 6 nitrogen and oxygen atoms in total. The Morgan fingerprint density at radius 3 is 2.35 bits per heavy atom. The van der Waals surface area contributed by atoms with Gasteiger partial charge in [0.2, 0.25) is 0 Å². The predicted octanol–water partition coefficient (Wildman–Crippen LogP) is 1.77. The molecule has 0 spiro atoms. The van der Waals surface area contributed by atoms with E-state index in [-0.39, 0.29) is 11.4 Å². The number of amides is 1. The van der Waals surface area contributed by atoms with Crippen LogP contribution in [0.25, 0.3) is 0 Å². The van der Waals surface area contributed by atoms with Crippen molar-refractivity contribution in [2.24, 2.45) is 0 Å². The molecule has 2 rings (SSSR count). The number of benzene rings is 2. The Labute approximate surface area is 116 Å². The molecule has 0 heterocycles. The second kappa shape index (κ2) is 5.32. The summed E-state index contributed by atoms with van der Waals surface area (Å²) in [5.74, 6) is -0.499. The second-order valence-electron chi connectivity index (χ2n) is 4.05. The summed E-state index contributed by atoms with van der Waals surface area (Å²) in [5.41, 5.74) is 6.11. The molecule has 0 aliphatic rings. The number of rotatable bonds is 3. The zero-order valence-corrected chi connectivity index (χ0v) is 11.1. The van der Waals surface area contributed by atoms with Crippen LogP contribution >= 0.6 is 0 Å². The Balaban J connectivity index is 2.39. The fourth-order valence-corrected chi connectivity index (χ4v) is 2.28. The van der Waals surface area contributed by atoms with E-state index in [1.807, 2.05) is 0 Å². The number of nitrogens with two attached hydrogens (primary N) is 1. The van der Waals surface area contributed by atoms with Crippen molar-refractivity contribution in [1.82, 2.24) is 0 Å². The smallest absolute Gasteiger partial charge is 0.296 e. The predicted molar refractivity (Wildman–Crippen MR) is 75.1 cm³/mol. The molecule has 0 unspecified atom stereocenters. The van der Waals surface area contributed by atoms with Crippen LogP contribution in [0.15, 0.2) is 53.4 Å². The van der Waals surface area contributed by atoms with Crippen molar-refractivity contribution >= 4 is 27.4 Å². The molecule has 0 bridgehead atoms. The minimum atomic E-state index is -4.45. The average molecular weight is 292 g/mol. The van der Waals surface area contributed by atoms with Gasteiger partial charge in [-0.1, -0.05) is 18.2 Å². The van der Waals surface area contributed by atoms with Gasteiger partial charge in [-0.2, -0.15) is 8.42 Å². The molecule has 2 aromatic carbocycles. The van der Waals surface area contributed by atoms with E-state index in [9.17, 15) is 13.2 Å². The van der Waals surface area contributed by atoms with Gasteiger partial charge in [0.25, 0.3) is 16.0 Å². The third kappa shape index (κ3) is 3.14. The van der Waals surface area contributed by atoms with Crippen molar-refractivity contribution in [1.29, 1.82) is 0 Å². The molecule has 4 N–H and O–H groups in total. The van der Waals surface area contributed by atoms with Gasteiger partial charge in [0.05, 0.1) is 5.69 Å². The third-order valence-corrected chi connectivity index (χ3v) is 3.48. The Kier molecular flexibility index (Phi) is 3.73. The van der Waals surface area contributed by atoms with Gasteiger partial charge < -0.3 is 11.1 Å². The first-order valence-electron chi connectivity index (χ1n) is 5.61. The van der Waals surface area contributed by atoms with Crippen molar-refractivity contribution in [2.75, 3.05) is 11.1 Å². The number of nitrogens with one attached hydrogen (secondary N) is 1. The minimum absolute atomic E-state index is 0.0682. The topological polar surface area (TPSA) is 109 Å². The maximum absolute atomic E-state index is 12.0. The largest absolute Gasteiger partial charge is 0.399 e. The van der Waals surface area contributed by atoms with Crippen molar-refractivity contribution in [2.45, 2.75) is 4.90 Å². The molecule has 0 aromatic heterocycles. The molecule has 20 heavy (non-hydrogen) atoms. The molecule has 104 valence electrons. The Morgan fingerprint density at radius 2 is 1.75 bits per heavy atom. The highest BCUT2D eigenvalue weighted by atomic mass is 32.2. The summed E-state index contributed by atoms with van der Waals surface area (Å²) >= 11 is 0. The van der Waals surface area contributed by atoms with E-state index in [0.29, 0.717) is 5.56 Å². The Hall–Kier alpha value is -2.38. The highest BCUT2D eigenvalue weighted by Crippen LogP contribution is 2.24. The highest BCUT2D eigenvalue weighted by molar-refractivity contribution is 7.86. The summed E-state index contributed by atoms with van der Waals surface area (Å²) < 4.78 is 31.6. The lowest BCUT2D eigenvalue weighted by atomic mass is 10.2. The molecule has 0 atom stereocenters. The van der Waals surface area contributed by atoms with Gasteiger partial charge >= 0.3 is 0 Å². The summed E-state index contributed by atoms with van der Waals surface area (Å²) in [5, 5.41) is 2.42.